The molecule has 0 aliphatic carbocycles. The van der Waals surface area contributed by atoms with Gasteiger partial charge in [-0.15, -0.1) is 0 Å². The highest BCUT2D eigenvalue weighted by Gasteiger charge is 2.34. The van der Waals surface area contributed by atoms with Crippen LogP contribution in [0.5, 0.6) is 5.88 Å². The number of hydrogen-bond donors (Lipinski definition) is 0. The van der Waals surface area contributed by atoms with E-state index in [2.05, 4.69) is 4.98 Å². The van der Waals surface area contributed by atoms with Crippen LogP contribution in [0.15, 0.2) is 42.5 Å². The van der Waals surface area contributed by atoms with Gasteiger partial charge in [-0.3, -0.25) is 4.79 Å². The number of rotatable bonds is 3. The summed E-state index contributed by atoms with van der Waals surface area (Å²) in [6.07, 6.45) is -4.56. The van der Waals surface area contributed by atoms with Gasteiger partial charge in [0, 0.05) is 17.3 Å². The van der Waals surface area contributed by atoms with E-state index in [-0.39, 0.29) is 17.6 Å². The number of amides is 1. The largest absolute Gasteiger partial charge is 0.471 e. The van der Waals surface area contributed by atoms with Gasteiger partial charge in [0.1, 0.15) is 6.10 Å². The molecule has 1 amide bonds. The first-order valence-electron chi connectivity index (χ1n) is 7.40. The molecule has 0 N–H and O–H groups in total. The molecule has 2 aromatic rings. The average molecular weight is 336 g/mol. The number of nitrogens with zero attached hydrogens (tertiary/aromatic N) is 2. The first-order chi connectivity index (χ1) is 11.3. The lowest BCUT2D eigenvalue weighted by atomic mass is 10.1. The number of hydrogen-bond acceptors (Lipinski definition) is 3. The molecule has 1 fully saturated rings. The minimum Gasteiger partial charge on any atom is -0.471 e. The Kier molecular flexibility index (Phi) is 4.17. The van der Waals surface area contributed by atoms with Crippen molar-refractivity contribution < 1.29 is 22.7 Å². The second-order valence-electron chi connectivity index (χ2n) is 5.64. The second-order valence-corrected chi connectivity index (χ2v) is 5.64. The molecule has 3 rings (SSSR count). The van der Waals surface area contributed by atoms with E-state index in [4.69, 9.17) is 4.74 Å². The number of halogens is 3. The molecule has 7 heteroatoms. The lowest BCUT2D eigenvalue weighted by Gasteiger charge is -2.38. The topological polar surface area (TPSA) is 42.4 Å². The van der Waals surface area contributed by atoms with Crippen molar-refractivity contribution in [1.82, 2.24) is 9.88 Å². The molecule has 0 spiro atoms. The summed E-state index contributed by atoms with van der Waals surface area (Å²) < 4.78 is 43.2. The van der Waals surface area contributed by atoms with Crippen LogP contribution in [0.1, 0.15) is 21.6 Å². The van der Waals surface area contributed by atoms with E-state index >= 15 is 0 Å². The predicted molar refractivity (Wildman–Crippen MR) is 80.7 cm³/mol. The maximum absolute atomic E-state index is 12.5. The zero-order valence-electron chi connectivity index (χ0n) is 12.9. The van der Waals surface area contributed by atoms with Crippen molar-refractivity contribution in [2.75, 3.05) is 13.1 Å². The number of carbonyl (C=O) groups excluding carboxylic acids is 1. The smallest absolute Gasteiger partial charge is 0.416 e. The van der Waals surface area contributed by atoms with Gasteiger partial charge < -0.3 is 9.64 Å². The molecule has 2 heterocycles. The summed E-state index contributed by atoms with van der Waals surface area (Å²) in [5.41, 5.74) is 0.300. The molecule has 24 heavy (non-hydrogen) atoms. The second kappa shape index (κ2) is 6.14. The molecule has 1 aliphatic heterocycles. The van der Waals surface area contributed by atoms with Crippen LogP contribution in [0.25, 0.3) is 0 Å². The Hall–Kier alpha value is -2.57. The molecule has 1 saturated heterocycles. The quantitative estimate of drug-likeness (QED) is 0.864. The van der Waals surface area contributed by atoms with E-state index in [0.717, 1.165) is 17.8 Å². The number of benzene rings is 1. The summed E-state index contributed by atoms with van der Waals surface area (Å²) >= 11 is 0. The molecule has 0 atom stereocenters. The number of aromatic nitrogens is 1. The van der Waals surface area contributed by atoms with Crippen molar-refractivity contribution in [2.45, 2.75) is 19.2 Å². The zero-order chi connectivity index (χ0) is 17.3. The van der Waals surface area contributed by atoms with Gasteiger partial charge in [-0.2, -0.15) is 13.2 Å². The minimum atomic E-state index is -4.40. The summed E-state index contributed by atoms with van der Waals surface area (Å²) in [5, 5.41) is 0. The van der Waals surface area contributed by atoms with Gasteiger partial charge in [0.05, 0.1) is 18.7 Å². The van der Waals surface area contributed by atoms with E-state index in [9.17, 15) is 18.0 Å². The third-order valence-corrected chi connectivity index (χ3v) is 3.74. The minimum absolute atomic E-state index is 0.155. The van der Waals surface area contributed by atoms with Crippen molar-refractivity contribution in [3.05, 3.63) is 59.3 Å². The lowest BCUT2D eigenvalue weighted by Crippen LogP contribution is -2.56. The first-order valence-corrected chi connectivity index (χ1v) is 7.40. The number of likely N-dealkylation sites (tertiary alicyclic amines) is 1. The predicted octanol–water partition coefficient (Wildman–Crippen LogP) is 3.31. The summed E-state index contributed by atoms with van der Waals surface area (Å²) in [5.74, 6) is 0.197. The van der Waals surface area contributed by atoms with Crippen LogP contribution >= 0.6 is 0 Å². The van der Waals surface area contributed by atoms with E-state index in [1.165, 1.54) is 17.0 Å². The third kappa shape index (κ3) is 3.50. The van der Waals surface area contributed by atoms with Crippen molar-refractivity contribution in [2.24, 2.45) is 0 Å². The molecule has 0 saturated carbocycles. The molecule has 1 aliphatic rings. The van der Waals surface area contributed by atoms with Crippen LogP contribution in [-0.4, -0.2) is 35.0 Å². The van der Waals surface area contributed by atoms with E-state index in [1.807, 2.05) is 19.1 Å². The van der Waals surface area contributed by atoms with Gasteiger partial charge in [0.25, 0.3) is 5.91 Å². The van der Waals surface area contributed by atoms with Gasteiger partial charge in [0.2, 0.25) is 5.88 Å². The molecule has 0 bridgehead atoms. The normalized spacial score (nSPS) is 15.1. The highest BCUT2D eigenvalue weighted by Crippen LogP contribution is 2.29. The highest BCUT2D eigenvalue weighted by atomic mass is 19.4. The Bertz CT molecular complexity index is 738. The Morgan fingerprint density at radius 2 is 1.83 bits per heavy atom. The molecular weight excluding hydrogens is 321 g/mol. The molecular formula is C17H15F3N2O2. The fraction of sp³-hybridized carbons (Fsp3) is 0.294. The molecule has 4 nitrogen and oxygen atoms in total. The van der Waals surface area contributed by atoms with Gasteiger partial charge in [-0.25, -0.2) is 4.98 Å². The Balaban J connectivity index is 1.56. The number of alkyl halides is 3. The van der Waals surface area contributed by atoms with Gasteiger partial charge in [-0.05, 0) is 37.3 Å². The number of pyridine rings is 1. The monoisotopic (exact) mass is 336 g/mol. The zero-order valence-corrected chi connectivity index (χ0v) is 12.9. The number of aryl methyl sites for hydroxylation is 1. The maximum Gasteiger partial charge on any atom is 0.416 e. The number of carbonyl (C=O) groups is 1. The summed E-state index contributed by atoms with van der Waals surface area (Å²) in [6.45, 7) is 2.62. The fourth-order valence-corrected chi connectivity index (χ4v) is 2.42. The van der Waals surface area contributed by atoms with Gasteiger partial charge in [0.15, 0.2) is 0 Å². The summed E-state index contributed by atoms with van der Waals surface area (Å²) in [7, 11) is 0. The molecule has 0 radical (unpaired) electrons. The fourth-order valence-electron chi connectivity index (χ4n) is 2.42. The Labute approximate surface area is 136 Å². The van der Waals surface area contributed by atoms with Crippen LogP contribution in [0.4, 0.5) is 13.2 Å². The van der Waals surface area contributed by atoms with Crippen molar-refractivity contribution in [3.63, 3.8) is 0 Å². The van der Waals surface area contributed by atoms with Crippen molar-refractivity contribution in [3.8, 4) is 5.88 Å². The van der Waals surface area contributed by atoms with Crippen LogP contribution in [0, 0.1) is 6.92 Å². The summed E-state index contributed by atoms with van der Waals surface area (Å²) in [4.78, 5) is 18.0. The van der Waals surface area contributed by atoms with Gasteiger partial charge >= 0.3 is 6.18 Å². The van der Waals surface area contributed by atoms with E-state index < -0.39 is 11.7 Å². The first kappa shape index (κ1) is 16.3. The lowest BCUT2D eigenvalue weighted by molar-refractivity contribution is -0.137. The van der Waals surface area contributed by atoms with Crippen LogP contribution in [0.2, 0.25) is 0 Å². The maximum atomic E-state index is 12.5. The van der Waals surface area contributed by atoms with E-state index in [0.29, 0.717) is 19.0 Å². The summed E-state index contributed by atoms with van der Waals surface area (Å²) in [6, 6.07) is 9.65. The van der Waals surface area contributed by atoms with Crippen molar-refractivity contribution in [1.29, 1.82) is 0 Å². The number of ether oxygens (including phenoxy) is 1. The van der Waals surface area contributed by atoms with Crippen LogP contribution < -0.4 is 4.74 Å². The van der Waals surface area contributed by atoms with Crippen LogP contribution in [-0.2, 0) is 6.18 Å². The highest BCUT2D eigenvalue weighted by molar-refractivity contribution is 5.94. The standard InChI is InChI=1S/C17H15F3N2O2/c1-11-3-2-4-15(21-11)24-14-9-22(10-14)16(23)12-5-7-13(8-6-12)17(18,19)20/h2-8,14H,9-10H2,1H3. The van der Waals surface area contributed by atoms with Crippen LogP contribution in [0.3, 0.4) is 0 Å². The van der Waals surface area contributed by atoms with Crippen molar-refractivity contribution >= 4 is 5.91 Å². The Morgan fingerprint density at radius 3 is 2.42 bits per heavy atom. The van der Waals surface area contributed by atoms with Gasteiger partial charge in [-0.1, -0.05) is 6.07 Å². The average Bonchev–Trinajstić information content (AvgIpc) is 2.49. The SMILES string of the molecule is Cc1cccc(OC2CN(C(=O)c3ccc(C(F)(F)F)cc3)C2)n1. The Morgan fingerprint density at radius 1 is 1.17 bits per heavy atom. The molecule has 1 aromatic heterocycles. The molecule has 0 unspecified atom stereocenters. The van der Waals surface area contributed by atoms with E-state index in [1.54, 1.807) is 6.07 Å². The third-order valence-electron chi connectivity index (χ3n) is 3.74. The molecule has 1 aromatic carbocycles. The molecule has 126 valence electrons.